The first-order chi connectivity index (χ1) is 9.54. The molecule has 0 bridgehead atoms. The van der Waals surface area contributed by atoms with Crippen LogP contribution in [0.4, 0.5) is 0 Å². The van der Waals surface area contributed by atoms with Gasteiger partial charge in [-0.05, 0) is 38.5 Å². The SMILES string of the molecule is CCCN(CCN(C)C)CC(C)C(N)c1ccccc1. The lowest BCUT2D eigenvalue weighted by atomic mass is 9.95. The van der Waals surface area contributed by atoms with Crippen LogP contribution in [-0.2, 0) is 0 Å². The molecule has 2 N–H and O–H groups in total. The van der Waals surface area contributed by atoms with Gasteiger partial charge in [0, 0.05) is 25.7 Å². The fourth-order valence-electron chi connectivity index (χ4n) is 2.48. The predicted molar refractivity (Wildman–Crippen MR) is 87.8 cm³/mol. The van der Waals surface area contributed by atoms with E-state index in [1.807, 2.05) is 6.07 Å². The minimum atomic E-state index is 0.120. The quantitative estimate of drug-likeness (QED) is 0.753. The molecule has 0 heterocycles. The summed E-state index contributed by atoms with van der Waals surface area (Å²) < 4.78 is 0. The summed E-state index contributed by atoms with van der Waals surface area (Å²) in [6.07, 6.45) is 1.20. The van der Waals surface area contributed by atoms with Crippen molar-refractivity contribution in [1.29, 1.82) is 0 Å². The van der Waals surface area contributed by atoms with Gasteiger partial charge in [-0.25, -0.2) is 0 Å². The van der Waals surface area contributed by atoms with Crippen LogP contribution in [-0.4, -0.2) is 50.1 Å². The Kier molecular flexibility index (Phi) is 7.82. The Labute approximate surface area is 124 Å². The van der Waals surface area contributed by atoms with Crippen LogP contribution in [0.25, 0.3) is 0 Å². The molecule has 0 amide bonds. The molecule has 0 aromatic heterocycles. The predicted octanol–water partition coefficient (Wildman–Crippen LogP) is 2.60. The first-order valence-electron chi connectivity index (χ1n) is 7.72. The molecule has 0 saturated carbocycles. The highest BCUT2D eigenvalue weighted by atomic mass is 15.2. The van der Waals surface area contributed by atoms with E-state index in [1.165, 1.54) is 12.0 Å². The van der Waals surface area contributed by atoms with Crippen LogP contribution < -0.4 is 5.73 Å². The van der Waals surface area contributed by atoms with Crippen LogP contribution in [0, 0.1) is 5.92 Å². The van der Waals surface area contributed by atoms with Crippen LogP contribution in [0.2, 0.25) is 0 Å². The second-order valence-corrected chi connectivity index (χ2v) is 6.02. The minimum Gasteiger partial charge on any atom is -0.324 e. The largest absolute Gasteiger partial charge is 0.324 e. The van der Waals surface area contributed by atoms with Crippen molar-refractivity contribution >= 4 is 0 Å². The van der Waals surface area contributed by atoms with Gasteiger partial charge in [0.15, 0.2) is 0 Å². The number of likely N-dealkylation sites (N-methyl/N-ethyl adjacent to an activating group) is 1. The standard InChI is InChI=1S/C17H31N3/c1-5-11-20(13-12-19(3)4)14-15(2)17(18)16-9-7-6-8-10-16/h6-10,15,17H,5,11-14,18H2,1-4H3. The molecular formula is C17H31N3. The maximum Gasteiger partial charge on any atom is 0.0333 e. The molecule has 0 aliphatic heterocycles. The summed E-state index contributed by atoms with van der Waals surface area (Å²) in [5, 5.41) is 0. The van der Waals surface area contributed by atoms with Gasteiger partial charge >= 0.3 is 0 Å². The van der Waals surface area contributed by atoms with E-state index >= 15 is 0 Å². The van der Waals surface area contributed by atoms with Gasteiger partial charge in [-0.2, -0.15) is 0 Å². The third kappa shape index (κ3) is 6.04. The van der Waals surface area contributed by atoms with Gasteiger partial charge in [-0.3, -0.25) is 0 Å². The highest BCUT2D eigenvalue weighted by Crippen LogP contribution is 2.20. The van der Waals surface area contributed by atoms with Crippen molar-refractivity contribution in [3.05, 3.63) is 35.9 Å². The molecule has 1 aromatic rings. The average molecular weight is 277 g/mol. The van der Waals surface area contributed by atoms with Crippen molar-refractivity contribution in [2.24, 2.45) is 11.7 Å². The Balaban J connectivity index is 2.53. The second-order valence-electron chi connectivity index (χ2n) is 6.02. The zero-order chi connectivity index (χ0) is 15.0. The Hall–Kier alpha value is -0.900. The molecule has 3 heteroatoms. The number of hydrogen-bond acceptors (Lipinski definition) is 3. The maximum absolute atomic E-state index is 6.40. The molecule has 1 aromatic carbocycles. The summed E-state index contributed by atoms with van der Waals surface area (Å²) in [6, 6.07) is 10.6. The number of benzene rings is 1. The summed E-state index contributed by atoms with van der Waals surface area (Å²) in [5.41, 5.74) is 7.64. The highest BCUT2D eigenvalue weighted by molar-refractivity contribution is 5.19. The van der Waals surface area contributed by atoms with Gasteiger partial charge in [0.2, 0.25) is 0 Å². The molecule has 0 aliphatic carbocycles. The average Bonchev–Trinajstić information content (AvgIpc) is 2.45. The number of nitrogens with zero attached hydrogens (tertiary/aromatic N) is 2. The minimum absolute atomic E-state index is 0.120. The first kappa shape index (κ1) is 17.2. The summed E-state index contributed by atoms with van der Waals surface area (Å²) in [6.45, 7) is 8.94. The molecule has 114 valence electrons. The highest BCUT2D eigenvalue weighted by Gasteiger charge is 2.17. The van der Waals surface area contributed by atoms with Crippen LogP contribution in [0.1, 0.15) is 31.9 Å². The maximum atomic E-state index is 6.40. The fraction of sp³-hybridized carbons (Fsp3) is 0.647. The Morgan fingerprint density at radius 3 is 2.25 bits per heavy atom. The third-order valence-corrected chi connectivity index (χ3v) is 3.75. The molecule has 2 unspecified atom stereocenters. The van der Waals surface area contributed by atoms with Crippen molar-refractivity contribution in [2.75, 3.05) is 40.3 Å². The summed E-state index contributed by atoms with van der Waals surface area (Å²) >= 11 is 0. The van der Waals surface area contributed by atoms with Gasteiger partial charge in [-0.15, -0.1) is 0 Å². The number of nitrogens with two attached hydrogens (primary N) is 1. The Bertz CT molecular complexity index is 351. The van der Waals surface area contributed by atoms with Crippen LogP contribution in [0.15, 0.2) is 30.3 Å². The van der Waals surface area contributed by atoms with E-state index in [0.29, 0.717) is 5.92 Å². The van der Waals surface area contributed by atoms with E-state index in [9.17, 15) is 0 Å². The molecule has 1 rings (SSSR count). The summed E-state index contributed by atoms with van der Waals surface area (Å²) in [4.78, 5) is 4.78. The van der Waals surface area contributed by atoms with E-state index in [-0.39, 0.29) is 6.04 Å². The van der Waals surface area contributed by atoms with Crippen molar-refractivity contribution in [3.8, 4) is 0 Å². The lowest BCUT2D eigenvalue weighted by molar-refractivity contribution is 0.202. The van der Waals surface area contributed by atoms with E-state index in [1.54, 1.807) is 0 Å². The molecule has 0 saturated heterocycles. The third-order valence-electron chi connectivity index (χ3n) is 3.75. The van der Waals surface area contributed by atoms with Crippen LogP contribution in [0.3, 0.4) is 0 Å². The van der Waals surface area contributed by atoms with Crippen molar-refractivity contribution in [3.63, 3.8) is 0 Å². The van der Waals surface area contributed by atoms with Gasteiger partial charge in [0.05, 0.1) is 0 Å². The zero-order valence-corrected chi connectivity index (χ0v) is 13.5. The molecule has 3 nitrogen and oxygen atoms in total. The van der Waals surface area contributed by atoms with Crippen molar-refractivity contribution < 1.29 is 0 Å². The van der Waals surface area contributed by atoms with Gasteiger partial charge in [0.1, 0.15) is 0 Å². The molecular weight excluding hydrogens is 246 g/mol. The smallest absolute Gasteiger partial charge is 0.0333 e. The topological polar surface area (TPSA) is 32.5 Å². The van der Waals surface area contributed by atoms with Gasteiger partial charge < -0.3 is 15.5 Å². The molecule has 0 spiro atoms. The Morgan fingerprint density at radius 1 is 1.05 bits per heavy atom. The van der Waals surface area contributed by atoms with Gasteiger partial charge in [0.25, 0.3) is 0 Å². The lowest BCUT2D eigenvalue weighted by Crippen LogP contribution is -2.38. The molecule has 0 fully saturated rings. The fourth-order valence-corrected chi connectivity index (χ4v) is 2.48. The molecule has 2 atom stereocenters. The van der Waals surface area contributed by atoms with Crippen molar-refractivity contribution in [2.45, 2.75) is 26.3 Å². The summed E-state index contributed by atoms with van der Waals surface area (Å²) in [5.74, 6) is 0.464. The van der Waals surface area contributed by atoms with Crippen molar-refractivity contribution in [1.82, 2.24) is 9.80 Å². The molecule has 0 radical (unpaired) electrons. The molecule has 0 aliphatic rings. The Morgan fingerprint density at radius 2 is 1.70 bits per heavy atom. The number of hydrogen-bond donors (Lipinski definition) is 1. The normalized spacial score (nSPS) is 14.8. The lowest BCUT2D eigenvalue weighted by Gasteiger charge is -2.29. The van der Waals surface area contributed by atoms with Crippen LogP contribution in [0.5, 0.6) is 0 Å². The monoisotopic (exact) mass is 277 g/mol. The van der Waals surface area contributed by atoms with Crippen LogP contribution >= 0.6 is 0 Å². The van der Waals surface area contributed by atoms with E-state index in [2.05, 4.69) is 62.0 Å². The number of rotatable bonds is 9. The second kappa shape index (κ2) is 9.11. The first-order valence-corrected chi connectivity index (χ1v) is 7.72. The zero-order valence-electron chi connectivity index (χ0n) is 13.5. The summed E-state index contributed by atoms with van der Waals surface area (Å²) in [7, 11) is 4.26. The molecule has 20 heavy (non-hydrogen) atoms. The van der Waals surface area contributed by atoms with Gasteiger partial charge in [-0.1, -0.05) is 44.2 Å². The van der Waals surface area contributed by atoms with E-state index < -0.39 is 0 Å². The van der Waals surface area contributed by atoms with E-state index in [0.717, 1.165) is 26.2 Å². The van der Waals surface area contributed by atoms with E-state index in [4.69, 9.17) is 5.73 Å².